The molecule has 1 aliphatic rings. The van der Waals surface area contributed by atoms with E-state index in [1.165, 1.54) is 14.0 Å². The van der Waals surface area contributed by atoms with Crippen molar-refractivity contribution in [2.75, 3.05) is 38.2 Å². The van der Waals surface area contributed by atoms with Gasteiger partial charge in [0.05, 0.1) is 7.11 Å². The maximum atomic E-state index is 12.6. The SMILES string of the molecule is COc1ccccc1OC(C(C)=O)(C(=O)O)N1CCN(c2ccncc2)CC1. The van der Waals surface area contributed by atoms with Gasteiger partial charge in [0.15, 0.2) is 11.5 Å². The predicted octanol–water partition coefficient (Wildman–Crippen LogP) is 1.66. The number of Topliss-reactive ketones (excluding diaryl/α,β-unsaturated/α-hetero) is 1. The van der Waals surface area contributed by atoms with E-state index in [0.29, 0.717) is 31.9 Å². The maximum Gasteiger partial charge on any atom is 0.372 e. The molecule has 0 amide bonds. The van der Waals surface area contributed by atoms with Gasteiger partial charge < -0.3 is 19.5 Å². The lowest BCUT2D eigenvalue weighted by Crippen LogP contribution is -2.67. The minimum atomic E-state index is -2.11. The highest BCUT2D eigenvalue weighted by Crippen LogP contribution is 2.32. The lowest BCUT2D eigenvalue weighted by Gasteiger charge is -2.43. The van der Waals surface area contributed by atoms with Crippen molar-refractivity contribution in [2.24, 2.45) is 0 Å². The molecule has 1 aromatic heterocycles. The Morgan fingerprint density at radius 3 is 2.18 bits per heavy atom. The fraction of sp³-hybridized carbons (Fsp3) is 0.350. The van der Waals surface area contributed by atoms with E-state index in [1.807, 2.05) is 12.1 Å². The van der Waals surface area contributed by atoms with E-state index in [-0.39, 0.29) is 5.75 Å². The quantitative estimate of drug-likeness (QED) is 0.720. The number of carboxylic acid groups (broad SMARTS) is 1. The number of aliphatic carboxylic acids is 1. The average Bonchev–Trinajstić information content (AvgIpc) is 2.72. The molecule has 1 aromatic carbocycles. The molecule has 0 bridgehead atoms. The summed E-state index contributed by atoms with van der Waals surface area (Å²) in [5.74, 6) is -1.37. The zero-order chi connectivity index (χ0) is 20.1. The molecule has 2 aromatic rings. The van der Waals surface area contributed by atoms with Crippen LogP contribution in [0.5, 0.6) is 11.5 Å². The number of benzene rings is 1. The summed E-state index contributed by atoms with van der Waals surface area (Å²) in [4.78, 5) is 32.5. The normalized spacial score (nSPS) is 16.9. The van der Waals surface area contributed by atoms with E-state index >= 15 is 0 Å². The van der Waals surface area contributed by atoms with Gasteiger partial charge in [0.1, 0.15) is 0 Å². The molecule has 28 heavy (non-hydrogen) atoms. The summed E-state index contributed by atoms with van der Waals surface area (Å²) in [6.45, 7) is 3.05. The fourth-order valence-corrected chi connectivity index (χ4v) is 3.39. The Morgan fingerprint density at radius 2 is 1.64 bits per heavy atom. The number of hydrogen-bond acceptors (Lipinski definition) is 7. The zero-order valence-corrected chi connectivity index (χ0v) is 15.9. The molecular weight excluding hydrogens is 362 g/mol. The zero-order valence-electron chi connectivity index (χ0n) is 15.9. The number of ether oxygens (including phenoxy) is 2. The van der Waals surface area contributed by atoms with Crippen LogP contribution in [0.4, 0.5) is 5.69 Å². The Labute approximate surface area is 163 Å². The number of rotatable bonds is 7. The van der Waals surface area contributed by atoms with Crippen LogP contribution in [0, 0.1) is 0 Å². The number of carbonyl (C=O) groups excluding carboxylic acids is 1. The smallest absolute Gasteiger partial charge is 0.372 e. The third kappa shape index (κ3) is 3.63. The predicted molar refractivity (Wildman–Crippen MR) is 103 cm³/mol. The van der Waals surface area contributed by atoms with Gasteiger partial charge in [-0.2, -0.15) is 0 Å². The van der Waals surface area contributed by atoms with Crippen LogP contribution < -0.4 is 14.4 Å². The van der Waals surface area contributed by atoms with Crippen molar-refractivity contribution in [3.63, 3.8) is 0 Å². The second kappa shape index (κ2) is 8.26. The number of methoxy groups -OCH3 is 1. The van der Waals surface area contributed by atoms with Gasteiger partial charge in [-0.15, -0.1) is 0 Å². The molecule has 1 saturated heterocycles. The molecular formula is C20H23N3O5. The van der Waals surface area contributed by atoms with E-state index in [2.05, 4.69) is 9.88 Å². The van der Waals surface area contributed by atoms with Crippen LogP contribution in [0.25, 0.3) is 0 Å². The van der Waals surface area contributed by atoms with E-state index in [9.17, 15) is 14.7 Å². The van der Waals surface area contributed by atoms with E-state index in [4.69, 9.17) is 9.47 Å². The Balaban J connectivity index is 1.87. The molecule has 0 spiro atoms. The third-order valence-corrected chi connectivity index (χ3v) is 4.85. The number of aromatic nitrogens is 1. The van der Waals surface area contributed by atoms with Gasteiger partial charge >= 0.3 is 11.7 Å². The Morgan fingerprint density at radius 1 is 1.04 bits per heavy atom. The number of nitrogens with zero attached hydrogens (tertiary/aromatic N) is 3. The highest BCUT2D eigenvalue weighted by Gasteiger charge is 2.53. The molecule has 0 saturated carbocycles. The topological polar surface area (TPSA) is 92.2 Å². The van der Waals surface area contributed by atoms with Crippen molar-refractivity contribution >= 4 is 17.4 Å². The molecule has 0 aliphatic carbocycles. The van der Waals surface area contributed by atoms with E-state index in [0.717, 1.165) is 5.69 Å². The summed E-state index contributed by atoms with van der Waals surface area (Å²) in [7, 11) is 1.46. The van der Waals surface area contributed by atoms with Crippen molar-refractivity contribution < 1.29 is 24.2 Å². The number of piperazine rings is 1. The van der Waals surface area contributed by atoms with Gasteiger partial charge in [-0.05, 0) is 24.3 Å². The first kappa shape index (κ1) is 19.6. The molecule has 2 heterocycles. The summed E-state index contributed by atoms with van der Waals surface area (Å²) in [5, 5.41) is 10.0. The molecule has 1 unspecified atom stereocenters. The van der Waals surface area contributed by atoms with Gasteiger partial charge in [-0.1, -0.05) is 12.1 Å². The van der Waals surface area contributed by atoms with Crippen LogP contribution in [-0.4, -0.2) is 65.8 Å². The number of pyridine rings is 1. The Hall–Kier alpha value is -3.13. The van der Waals surface area contributed by atoms with Gasteiger partial charge in [0, 0.05) is 51.2 Å². The van der Waals surface area contributed by atoms with Crippen molar-refractivity contribution in [1.29, 1.82) is 0 Å². The molecule has 1 N–H and O–H groups in total. The molecule has 148 valence electrons. The monoisotopic (exact) mass is 385 g/mol. The fourth-order valence-electron chi connectivity index (χ4n) is 3.39. The highest BCUT2D eigenvalue weighted by molar-refractivity contribution is 6.05. The van der Waals surface area contributed by atoms with E-state index < -0.39 is 17.5 Å². The van der Waals surface area contributed by atoms with E-state index in [1.54, 1.807) is 41.6 Å². The van der Waals surface area contributed by atoms with Gasteiger partial charge in [0.25, 0.3) is 0 Å². The number of hydrogen-bond donors (Lipinski definition) is 1. The van der Waals surface area contributed by atoms with Gasteiger partial charge in [-0.25, -0.2) is 9.69 Å². The standard InChI is InChI=1S/C20H23N3O5/c1-15(24)20(19(25)26,28-18-6-4-3-5-17(18)27-2)23-13-11-22(12-14-23)16-7-9-21-10-8-16/h3-10H,11-14H2,1-2H3,(H,25,26). The van der Waals surface area contributed by atoms with Gasteiger partial charge in [0.2, 0.25) is 5.78 Å². The van der Waals surface area contributed by atoms with Crippen LogP contribution in [0.3, 0.4) is 0 Å². The summed E-state index contributed by atoms with van der Waals surface area (Å²) in [6, 6.07) is 10.5. The van der Waals surface area contributed by atoms with Crippen LogP contribution >= 0.6 is 0 Å². The first-order chi connectivity index (χ1) is 13.5. The number of carboxylic acids is 1. The maximum absolute atomic E-state index is 12.6. The molecule has 8 heteroatoms. The lowest BCUT2D eigenvalue weighted by atomic mass is 10.1. The highest BCUT2D eigenvalue weighted by atomic mass is 16.6. The van der Waals surface area contributed by atoms with Crippen molar-refractivity contribution in [2.45, 2.75) is 12.6 Å². The second-order valence-electron chi connectivity index (χ2n) is 6.44. The summed E-state index contributed by atoms with van der Waals surface area (Å²) >= 11 is 0. The summed E-state index contributed by atoms with van der Waals surface area (Å²) < 4.78 is 11.1. The molecule has 1 fully saturated rings. The van der Waals surface area contributed by atoms with Crippen LogP contribution in [-0.2, 0) is 9.59 Å². The van der Waals surface area contributed by atoms with Crippen molar-refractivity contribution in [3.05, 3.63) is 48.8 Å². The molecule has 0 radical (unpaired) electrons. The molecule has 3 rings (SSSR count). The number of anilines is 1. The molecule has 8 nitrogen and oxygen atoms in total. The lowest BCUT2D eigenvalue weighted by molar-refractivity contribution is -0.181. The largest absolute Gasteiger partial charge is 0.493 e. The number of para-hydroxylation sites is 2. The first-order valence-electron chi connectivity index (χ1n) is 8.95. The molecule has 1 atom stereocenters. The van der Waals surface area contributed by atoms with Gasteiger partial charge in [-0.3, -0.25) is 9.78 Å². The molecule has 1 aliphatic heterocycles. The number of ketones is 1. The Bertz CT molecular complexity index is 821. The average molecular weight is 385 g/mol. The van der Waals surface area contributed by atoms with Crippen LogP contribution in [0.1, 0.15) is 6.92 Å². The minimum Gasteiger partial charge on any atom is -0.493 e. The first-order valence-corrected chi connectivity index (χ1v) is 8.95. The second-order valence-corrected chi connectivity index (χ2v) is 6.44. The number of carbonyl (C=O) groups is 2. The van der Waals surface area contributed by atoms with Crippen molar-refractivity contribution in [1.82, 2.24) is 9.88 Å². The summed E-state index contributed by atoms with van der Waals surface area (Å²) in [6.07, 6.45) is 3.42. The Kier molecular flexibility index (Phi) is 5.79. The van der Waals surface area contributed by atoms with Crippen LogP contribution in [0.2, 0.25) is 0 Å². The van der Waals surface area contributed by atoms with Crippen molar-refractivity contribution in [3.8, 4) is 11.5 Å². The summed E-state index contributed by atoms with van der Waals surface area (Å²) in [5.41, 5.74) is -1.11. The third-order valence-electron chi connectivity index (χ3n) is 4.85. The minimum absolute atomic E-state index is 0.208. The van der Waals surface area contributed by atoms with Crippen LogP contribution in [0.15, 0.2) is 48.8 Å².